The number of hydrogen-bond donors (Lipinski definition) is 2. The maximum atomic E-state index is 11.7. The molecule has 0 aliphatic rings. The van der Waals surface area contributed by atoms with E-state index < -0.39 is 0 Å². The first-order valence-corrected chi connectivity index (χ1v) is 8.66. The topological polar surface area (TPSA) is 89.0 Å². The Labute approximate surface area is 157 Å². The molecule has 0 saturated heterocycles. The van der Waals surface area contributed by atoms with Gasteiger partial charge in [-0.3, -0.25) is 4.98 Å². The third-order valence-corrected chi connectivity index (χ3v) is 3.70. The number of ether oxygens (including phenoxy) is 1. The molecule has 0 bridgehead atoms. The Hall–Kier alpha value is -3.48. The molecule has 0 spiro atoms. The first-order chi connectivity index (χ1) is 13.1. The van der Waals surface area contributed by atoms with Crippen molar-refractivity contribution in [2.75, 3.05) is 17.2 Å². The number of hydrogen-bond acceptors (Lipinski definition) is 7. The zero-order valence-electron chi connectivity index (χ0n) is 15.3. The molecule has 0 atom stereocenters. The van der Waals surface area contributed by atoms with Gasteiger partial charge in [-0.25, -0.2) is 14.8 Å². The van der Waals surface area contributed by atoms with E-state index >= 15 is 0 Å². The molecular weight excluding hydrogens is 342 g/mol. The Morgan fingerprint density at radius 2 is 1.89 bits per heavy atom. The van der Waals surface area contributed by atoms with E-state index in [0.717, 1.165) is 17.1 Å². The third kappa shape index (κ3) is 5.24. The molecular formula is C20H21N5O2. The Balaban J connectivity index is 1.68. The van der Waals surface area contributed by atoms with Crippen molar-refractivity contribution < 1.29 is 9.53 Å². The highest BCUT2D eigenvalue weighted by atomic mass is 16.5. The third-order valence-electron chi connectivity index (χ3n) is 3.70. The van der Waals surface area contributed by atoms with Gasteiger partial charge < -0.3 is 15.4 Å². The van der Waals surface area contributed by atoms with Crippen LogP contribution in [0.15, 0.2) is 54.9 Å². The number of carbonyl (C=O) groups is 1. The van der Waals surface area contributed by atoms with Gasteiger partial charge in [-0.2, -0.15) is 0 Å². The molecule has 3 rings (SSSR count). The van der Waals surface area contributed by atoms with Crippen molar-refractivity contribution in [3.05, 3.63) is 71.8 Å². The van der Waals surface area contributed by atoms with Crippen LogP contribution < -0.4 is 10.6 Å². The van der Waals surface area contributed by atoms with Crippen LogP contribution in [-0.2, 0) is 11.3 Å². The number of esters is 1. The van der Waals surface area contributed by atoms with Gasteiger partial charge in [0.15, 0.2) is 0 Å². The quantitative estimate of drug-likeness (QED) is 0.619. The summed E-state index contributed by atoms with van der Waals surface area (Å²) in [4.78, 5) is 24.6. The van der Waals surface area contributed by atoms with Crippen LogP contribution in [0.4, 0.5) is 17.3 Å². The molecule has 0 aliphatic carbocycles. The van der Waals surface area contributed by atoms with E-state index in [1.54, 1.807) is 25.3 Å². The van der Waals surface area contributed by atoms with Gasteiger partial charge in [0, 0.05) is 30.7 Å². The maximum absolute atomic E-state index is 11.7. The molecule has 7 heteroatoms. The average Bonchev–Trinajstić information content (AvgIpc) is 2.67. The molecule has 0 radical (unpaired) electrons. The highest BCUT2D eigenvalue weighted by Crippen LogP contribution is 2.19. The summed E-state index contributed by atoms with van der Waals surface area (Å²) in [5.41, 5.74) is 2.40. The predicted octanol–water partition coefficient (Wildman–Crippen LogP) is 3.71. The Morgan fingerprint density at radius 1 is 1.11 bits per heavy atom. The lowest BCUT2D eigenvalue weighted by Gasteiger charge is -2.10. The number of rotatable bonds is 7. The molecule has 1 aromatic carbocycles. The minimum absolute atomic E-state index is 0.330. The van der Waals surface area contributed by atoms with E-state index in [0.29, 0.717) is 30.4 Å². The fraction of sp³-hybridized carbons (Fsp3) is 0.200. The van der Waals surface area contributed by atoms with E-state index in [2.05, 4.69) is 25.6 Å². The maximum Gasteiger partial charge on any atom is 0.338 e. The van der Waals surface area contributed by atoms with Crippen LogP contribution in [0.25, 0.3) is 0 Å². The largest absolute Gasteiger partial charge is 0.462 e. The van der Waals surface area contributed by atoms with E-state index in [9.17, 15) is 4.79 Å². The lowest BCUT2D eigenvalue weighted by molar-refractivity contribution is 0.0526. The normalized spacial score (nSPS) is 10.3. The SMILES string of the molecule is CCOC(=O)c1ccc(Nc2cc(NCc3cccnc3)nc(C)n2)cc1. The van der Waals surface area contributed by atoms with Crippen molar-refractivity contribution in [2.45, 2.75) is 20.4 Å². The Morgan fingerprint density at radius 3 is 2.59 bits per heavy atom. The van der Waals surface area contributed by atoms with Crippen LogP contribution in [0.2, 0.25) is 0 Å². The van der Waals surface area contributed by atoms with Gasteiger partial charge in [-0.1, -0.05) is 6.07 Å². The molecule has 2 N–H and O–H groups in total. The van der Waals surface area contributed by atoms with Gasteiger partial charge in [0.1, 0.15) is 17.5 Å². The minimum atomic E-state index is -0.330. The molecule has 138 valence electrons. The monoisotopic (exact) mass is 363 g/mol. The fourth-order valence-corrected chi connectivity index (χ4v) is 2.47. The molecule has 0 fully saturated rings. The Bertz CT molecular complexity index is 898. The molecule has 0 amide bonds. The number of carbonyl (C=O) groups excluding carboxylic acids is 1. The van der Waals surface area contributed by atoms with E-state index in [1.165, 1.54) is 0 Å². The highest BCUT2D eigenvalue weighted by molar-refractivity contribution is 5.89. The average molecular weight is 363 g/mol. The first-order valence-electron chi connectivity index (χ1n) is 8.66. The molecule has 0 unspecified atom stereocenters. The number of aryl methyl sites for hydroxylation is 1. The zero-order valence-corrected chi connectivity index (χ0v) is 15.3. The van der Waals surface area contributed by atoms with Gasteiger partial charge in [-0.15, -0.1) is 0 Å². The van der Waals surface area contributed by atoms with Gasteiger partial charge in [0.2, 0.25) is 0 Å². The van der Waals surface area contributed by atoms with Gasteiger partial charge in [0.25, 0.3) is 0 Å². The van der Waals surface area contributed by atoms with Gasteiger partial charge in [0.05, 0.1) is 12.2 Å². The summed E-state index contributed by atoms with van der Waals surface area (Å²) in [5, 5.41) is 6.50. The van der Waals surface area contributed by atoms with Gasteiger partial charge >= 0.3 is 5.97 Å². The zero-order chi connectivity index (χ0) is 19.1. The molecule has 2 aromatic heterocycles. The molecule has 7 nitrogen and oxygen atoms in total. The number of anilines is 3. The van der Waals surface area contributed by atoms with Gasteiger partial charge in [-0.05, 0) is 49.7 Å². The minimum Gasteiger partial charge on any atom is -0.462 e. The molecule has 0 aliphatic heterocycles. The highest BCUT2D eigenvalue weighted by Gasteiger charge is 2.07. The fourth-order valence-electron chi connectivity index (χ4n) is 2.47. The number of nitrogens with zero attached hydrogens (tertiary/aromatic N) is 3. The summed E-state index contributed by atoms with van der Waals surface area (Å²) in [6.07, 6.45) is 3.55. The van der Waals surface area contributed by atoms with Crippen LogP contribution in [0.3, 0.4) is 0 Å². The van der Waals surface area contributed by atoms with Crippen LogP contribution in [-0.4, -0.2) is 27.5 Å². The van der Waals surface area contributed by atoms with E-state index in [-0.39, 0.29) is 5.97 Å². The van der Waals surface area contributed by atoms with E-state index in [1.807, 2.05) is 43.5 Å². The van der Waals surface area contributed by atoms with Crippen LogP contribution >= 0.6 is 0 Å². The van der Waals surface area contributed by atoms with Crippen LogP contribution in [0.1, 0.15) is 28.7 Å². The van der Waals surface area contributed by atoms with E-state index in [4.69, 9.17) is 4.74 Å². The Kier molecular flexibility index (Phi) is 5.94. The standard InChI is InChI=1S/C20H21N5O2/c1-3-27-20(26)16-6-8-17(9-7-16)25-19-11-18(23-14(2)24-19)22-13-15-5-4-10-21-12-15/h4-12H,3,13H2,1-2H3,(H2,22,23,24,25). The second kappa shape index (κ2) is 8.75. The summed E-state index contributed by atoms with van der Waals surface area (Å²) in [6, 6.07) is 12.8. The number of nitrogens with one attached hydrogen (secondary N) is 2. The van der Waals surface area contributed by atoms with Crippen molar-refractivity contribution in [2.24, 2.45) is 0 Å². The second-order valence-corrected chi connectivity index (χ2v) is 5.82. The molecule has 3 aromatic rings. The predicted molar refractivity (Wildman–Crippen MR) is 104 cm³/mol. The molecule has 0 saturated carbocycles. The summed E-state index contributed by atoms with van der Waals surface area (Å²) < 4.78 is 4.99. The molecule has 27 heavy (non-hydrogen) atoms. The lowest BCUT2D eigenvalue weighted by atomic mass is 10.2. The van der Waals surface area contributed by atoms with Crippen molar-refractivity contribution in [1.82, 2.24) is 15.0 Å². The van der Waals surface area contributed by atoms with Crippen molar-refractivity contribution in [3.63, 3.8) is 0 Å². The number of benzene rings is 1. The van der Waals surface area contributed by atoms with Crippen molar-refractivity contribution >= 4 is 23.3 Å². The summed E-state index contributed by atoms with van der Waals surface area (Å²) in [6.45, 7) is 4.60. The number of pyridine rings is 1. The van der Waals surface area contributed by atoms with Crippen molar-refractivity contribution in [1.29, 1.82) is 0 Å². The summed E-state index contributed by atoms with van der Waals surface area (Å²) in [7, 11) is 0. The summed E-state index contributed by atoms with van der Waals surface area (Å²) >= 11 is 0. The van der Waals surface area contributed by atoms with Crippen molar-refractivity contribution in [3.8, 4) is 0 Å². The lowest BCUT2D eigenvalue weighted by Crippen LogP contribution is -2.06. The second-order valence-electron chi connectivity index (χ2n) is 5.82. The number of aromatic nitrogens is 3. The van der Waals surface area contributed by atoms with Crippen LogP contribution in [0, 0.1) is 6.92 Å². The molecule has 2 heterocycles. The first kappa shape index (κ1) is 18.3. The smallest absolute Gasteiger partial charge is 0.338 e. The van der Waals surface area contributed by atoms with Crippen LogP contribution in [0.5, 0.6) is 0 Å². The summed E-state index contributed by atoms with van der Waals surface area (Å²) in [5.74, 6) is 1.71.